The largest absolute Gasteiger partial charge is 0.372 e. The first-order chi connectivity index (χ1) is 9.81. The smallest absolute Gasteiger partial charge is 0.214 e. The Bertz CT molecular complexity index is 562. The maximum atomic E-state index is 13.0. The molecule has 1 aromatic heterocycles. The second kappa shape index (κ2) is 5.90. The lowest BCUT2D eigenvalue weighted by Gasteiger charge is -2.28. The quantitative estimate of drug-likeness (QED) is 0.857. The molecule has 4 heteroatoms. The lowest BCUT2D eigenvalue weighted by molar-refractivity contribution is 0.578. The fourth-order valence-corrected chi connectivity index (χ4v) is 2.55. The highest BCUT2D eigenvalue weighted by atomic mass is 19.1. The molecule has 104 valence electrons. The second-order valence-corrected chi connectivity index (χ2v) is 5.09. The molecule has 0 aliphatic carbocycles. The standard InChI is InChI=1S/C16H18FN3/c17-16-12-14(8-9-18-16)19-13-4-6-15(7-5-13)20-10-2-1-3-11-20/h4-9,12H,1-3,10-11H2,(H,18,19). The first kappa shape index (κ1) is 12.9. The predicted molar refractivity (Wildman–Crippen MR) is 80.0 cm³/mol. The summed E-state index contributed by atoms with van der Waals surface area (Å²) in [6, 6.07) is 11.4. The molecule has 0 atom stereocenters. The van der Waals surface area contributed by atoms with E-state index in [4.69, 9.17) is 0 Å². The topological polar surface area (TPSA) is 28.2 Å². The van der Waals surface area contributed by atoms with E-state index in [0.717, 1.165) is 18.8 Å². The minimum atomic E-state index is -0.472. The Labute approximate surface area is 118 Å². The van der Waals surface area contributed by atoms with E-state index in [1.165, 1.54) is 37.2 Å². The van der Waals surface area contributed by atoms with Gasteiger partial charge in [0.1, 0.15) is 0 Å². The molecule has 3 rings (SSSR count). The Morgan fingerprint density at radius 2 is 1.70 bits per heavy atom. The van der Waals surface area contributed by atoms with Gasteiger partial charge in [0.15, 0.2) is 0 Å². The Hall–Kier alpha value is -2.10. The summed E-state index contributed by atoms with van der Waals surface area (Å²) in [5.41, 5.74) is 2.93. The molecular weight excluding hydrogens is 253 g/mol. The zero-order chi connectivity index (χ0) is 13.8. The van der Waals surface area contributed by atoms with Crippen molar-refractivity contribution in [2.24, 2.45) is 0 Å². The van der Waals surface area contributed by atoms with Crippen LogP contribution in [0.2, 0.25) is 0 Å². The number of hydrogen-bond acceptors (Lipinski definition) is 3. The Kier molecular flexibility index (Phi) is 3.81. The SMILES string of the molecule is Fc1cc(Nc2ccc(N3CCCCC3)cc2)ccn1. The molecule has 2 aromatic rings. The maximum Gasteiger partial charge on any atom is 0.214 e. The number of halogens is 1. The summed E-state index contributed by atoms with van der Waals surface area (Å²) >= 11 is 0. The van der Waals surface area contributed by atoms with Crippen molar-refractivity contribution < 1.29 is 4.39 Å². The molecular formula is C16H18FN3. The third-order valence-corrected chi connectivity index (χ3v) is 3.60. The highest BCUT2D eigenvalue weighted by molar-refractivity contribution is 5.62. The Balaban J connectivity index is 1.69. The fraction of sp³-hybridized carbons (Fsp3) is 0.312. The molecule has 0 radical (unpaired) electrons. The number of nitrogens with zero attached hydrogens (tertiary/aromatic N) is 2. The van der Waals surface area contributed by atoms with Crippen molar-refractivity contribution in [1.29, 1.82) is 0 Å². The summed E-state index contributed by atoms with van der Waals surface area (Å²) in [5.74, 6) is -0.472. The minimum absolute atomic E-state index is 0.472. The van der Waals surface area contributed by atoms with Crippen molar-refractivity contribution in [3.05, 3.63) is 48.5 Å². The van der Waals surface area contributed by atoms with Crippen molar-refractivity contribution in [1.82, 2.24) is 4.98 Å². The van der Waals surface area contributed by atoms with E-state index in [1.807, 2.05) is 12.1 Å². The number of nitrogens with one attached hydrogen (secondary N) is 1. The van der Waals surface area contributed by atoms with Crippen LogP contribution >= 0.6 is 0 Å². The van der Waals surface area contributed by atoms with Crippen molar-refractivity contribution >= 4 is 17.1 Å². The summed E-state index contributed by atoms with van der Waals surface area (Å²) in [7, 11) is 0. The van der Waals surface area contributed by atoms with Crippen molar-refractivity contribution in [3.8, 4) is 0 Å². The van der Waals surface area contributed by atoms with Crippen LogP contribution in [-0.2, 0) is 0 Å². The van der Waals surface area contributed by atoms with E-state index in [1.54, 1.807) is 6.07 Å². The van der Waals surface area contributed by atoms with E-state index < -0.39 is 5.95 Å². The van der Waals surface area contributed by atoms with Crippen LogP contribution in [0.4, 0.5) is 21.5 Å². The first-order valence-corrected chi connectivity index (χ1v) is 7.05. The molecule has 2 heterocycles. The van der Waals surface area contributed by atoms with E-state index in [-0.39, 0.29) is 0 Å². The van der Waals surface area contributed by atoms with Gasteiger partial charge in [-0.2, -0.15) is 4.39 Å². The molecule has 0 bridgehead atoms. The van der Waals surface area contributed by atoms with Gasteiger partial charge in [-0.25, -0.2) is 4.98 Å². The molecule has 0 spiro atoms. The predicted octanol–water partition coefficient (Wildman–Crippen LogP) is 3.95. The lowest BCUT2D eigenvalue weighted by atomic mass is 10.1. The van der Waals surface area contributed by atoms with Gasteiger partial charge in [0.05, 0.1) is 0 Å². The number of pyridine rings is 1. The van der Waals surface area contributed by atoms with Crippen LogP contribution in [-0.4, -0.2) is 18.1 Å². The van der Waals surface area contributed by atoms with Crippen LogP contribution in [0.1, 0.15) is 19.3 Å². The Morgan fingerprint density at radius 1 is 0.950 bits per heavy atom. The molecule has 1 fully saturated rings. The second-order valence-electron chi connectivity index (χ2n) is 5.09. The highest BCUT2D eigenvalue weighted by Gasteiger charge is 2.10. The normalized spacial score (nSPS) is 15.2. The monoisotopic (exact) mass is 271 g/mol. The number of aromatic nitrogens is 1. The van der Waals surface area contributed by atoms with Gasteiger partial charge in [-0.3, -0.25) is 0 Å². The van der Waals surface area contributed by atoms with Crippen LogP contribution in [0, 0.1) is 5.95 Å². The maximum absolute atomic E-state index is 13.0. The first-order valence-electron chi connectivity index (χ1n) is 7.05. The van der Waals surface area contributed by atoms with Gasteiger partial charge in [0.2, 0.25) is 5.95 Å². The molecule has 1 aliphatic heterocycles. The van der Waals surface area contributed by atoms with E-state index in [9.17, 15) is 4.39 Å². The van der Waals surface area contributed by atoms with Gasteiger partial charge in [-0.15, -0.1) is 0 Å². The van der Waals surface area contributed by atoms with Gasteiger partial charge in [0.25, 0.3) is 0 Å². The summed E-state index contributed by atoms with van der Waals surface area (Å²) in [6.07, 6.45) is 5.34. The van der Waals surface area contributed by atoms with Gasteiger partial charge >= 0.3 is 0 Å². The average Bonchev–Trinajstić information content (AvgIpc) is 2.49. The van der Waals surface area contributed by atoms with Crippen LogP contribution in [0.3, 0.4) is 0 Å². The average molecular weight is 271 g/mol. The molecule has 1 saturated heterocycles. The van der Waals surface area contributed by atoms with Crippen molar-refractivity contribution in [3.63, 3.8) is 0 Å². The molecule has 0 saturated carbocycles. The van der Waals surface area contributed by atoms with Gasteiger partial charge in [-0.05, 0) is 49.6 Å². The summed E-state index contributed by atoms with van der Waals surface area (Å²) in [4.78, 5) is 5.96. The summed E-state index contributed by atoms with van der Waals surface area (Å²) < 4.78 is 13.0. The van der Waals surface area contributed by atoms with Gasteiger partial charge in [0, 0.05) is 42.4 Å². The number of anilines is 3. The number of rotatable bonds is 3. The highest BCUT2D eigenvalue weighted by Crippen LogP contribution is 2.23. The van der Waals surface area contributed by atoms with E-state index in [2.05, 4.69) is 27.3 Å². The number of piperidine rings is 1. The van der Waals surface area contributed by atoms with Crippen LogP contribution < -0.4 is 10.2 Å². The van der Waals surface area contributed by atoms with Crippen LogP contribution in [0.15, 0.2) is 42.6 Å². The zero-order valence-corrected chi connectivity index (χ0v) is 11.3. The van der Waals surface area contributed by atoms with E-state index in [0.29, 0.717) is 5.69 Å². The van der Waals surface area contributed by atoms with Crippen molar-refractivity contribution in [2.45, 2.75) is 19.3 Å². The number of benzene rings is 1. The molecule has 1 N–H and O–H groups in total. The molecule has 0 unspecified atom stereocenters. The number of hydrogen-bond donors (Lipinski definition) is 1. The van der Waals surface area contributed by atoms with Crippen molar-refractivity contribution in [2.75, 3.05) is 23.3 Å². The lowest BCUT2D eigenvalue weighted by Crippen LogP contribution is -2.29. The zero-order valence-electron chi connectivity index (χ0n) is 11.3. The van der Waals surface area contributed by atoms with Crippen LogP contribution in [0.5, 0.6) is 0 Å². The molecule has 3 nitrogen and oxygen atoms in total. The molecule has 0 amide bonds. The van der Waals surface area contributed by atoms with Gasteiger partial charge < -0.3 is 10.2 Å². The minimum Gasteiger partial charge on any atom is -0.372 e. The summed E-state index contributed by atoms with van der Waals surface area (Å²) in [5, 5.41) is 3.18. The third-order valence-electron chi connectivity index (χ3n) is 3.60. The third kappa shape index (κ3) is 3.07. The molecule has 1 aliphatic rings. The Morgan fingerprint density at radius 3 is 2.40 bits per heavy atom. The molecule has 1 aromatic carbocycles. The van der Waals surface area contributed by atoms with E-state index >= 15 is 0 Å². The van der Waals surface area contributed by atoms with Crippen LogP contribution in [0.25, 0.3) is 0 Å². The molecule has 20 heavy (non-hydrogen) atoms. The summed E-state index contributed by atoms with van der Waals surface area (Å²) in [6.45, 7) is 2.28. The van der Waals surface area contributed by atoms with Gasteiger partial charge in [-0.1, -0.05) is 0 Å². The fourth-order valence-electron chi connectivity index (χ4n) is 2.55.